The largest absolute Gasteiger partial charge is 0.321 e. The van der Waals surface area contributed by atoms with Gasteiger partial charge in [-0.1, -0.05) is 63.0 Å². The maximum atomic E-state index is 13.5. The number of anilines is 2. The van der Waals surface area contributed by atoms with E-state index in [4.69, 9.17) is 23.2 Å². The van der Waals surface area contributed by atoms with Crippen molar-refractivity contribution in [1.82, 2.24) is 0 Å². The number of rotatable bonds is 5. The van der Waals surface area contributed by atoms with Crippen molar-refractivity contribution in [3.05, 3.63) is 103 Å². The predicted octanol–water partition coefficient (Wildman–Crippen LogP) is 6.82. The molecule has 1 N–H and O–H groups in total. The summed E-state index contributed by atoms with van der Waals surface area (Å²) in [5.74, 6) is -0.812. The minimum Gasteiger partial charge on any atom is -0.321 e. The molecule has 0 saturated carbocycles. The van der Waals surface area contributed by atoms with Crippen molar-refractivity contribution in [3.8, 4) is 6.07 Å². The van der Waals surface area contributed by atoms with E-state index in [1.54, 1.807) is 60.7 Å². The van der Waals surface area contributed by atoms with Crippen molar-refractivity contribution < 1.29 is 9.59 Å². The number of nitriles is 1. The Labute approximate surface area is 219 Å². The fraction of sp³-hybridized carbons (Fsp3) is 0.0800. The molecule has 9 heteroatoms. The summed E-state index contributed by atoms with van der Waals surface area (Å²) >= 11 is 16.6. The first-order chi connectivity index (χ1) is 16.4. The standard InChI is InChI=1S/C25H16BrCl2N3O2S/c26-16-3-9-19(10-4-16)30-23(32)21(14-29)25-31(20-11-7-18(28)8-12-20)24(33)22(34-25)13-15-1-5-17(27)6-2-15/h1-12,22H,13H2,(H,30,32)/b25-21-/t22-/m0/s1. The van der Waals surface area contributed by atoms with E-state index in [-0.39, 0.29) is 16.5 Å². The van der Waals surface area contributed by atoms with Crippen molar-refractivity contribution in [1.29, 1.82) is 5.26 Å². The molecule has 2 amide bonds. The van der Waals surface area contributed by atoms with Crippen molar-refractivity contribution in [3.63, 3.8) is 0 Å². The van der Waals surface area contributed by atoms with Gasteiger partial charge >= 0.3 is 0 Å². The maximum Gasteiger partial charge on any atom is 0.269 e. The summed E-state index contributed by atoms with van der Waals surface area (Å²) in [5, 5.41) is 13.5. The maximum absolute atomic E-state index is 13.5. The van der Waals surface area contributed by atoms with E-state index < -0.39 is 11.2 Å². The van der Waals surface area contributed by atoms with Crippen LogP contribution in [0.25, 0.3) is 0 Å². The normalized spacial score (nSPS) is 16.8. The summed E-state index contributed by atoms with van der Waals surface area (Å²) in [6.45, 7) is 0. The van der Waals surface area contributed by atoms with Gasteiger partial charge in [-0.05, 0) is 72.6 Å². The first-order valence-electron chi connectivity index (χ1n) is 10.1. The van der Waals surface area contributed by atoms with Gasteiger partial charge in [0.25, 0.3) is 5.91 Å². The van der Waals surface area contributed by atoms with E-state index in [2.05, 4.69) is 21.2 Å². The monoisotopic (exact) mass is 571 g/mol. The van der Waals surface area contributed by atoms with E-state index in [9.17, 15) is 14.9 Å². The molecule has 0 bridgehead atoms. The zero-order valence-electron chi connectivity index (χ0n) is 17.5. The molecule has 1 aliphatic rings. The van der Waals surface area contributed by atoms with E-state index in [1.807, 2.05) is 18.2 Å². The third-order valence-corrected chi connectivity index (χ3v) is 7.32. The molecule has 0 unspecified atom stereocenters. The molecule has 5 nitrogen and oxygen atoms in total. The number of halogens is 3. The summed E-state index contributed by atoms with van der Waals surface area (Å²) in [5.41, 5.74) is 1.84. The first kappa shape index (κ1) is 24.4. The molecule has 1 heterocycles. The quantitative estimate of drug-likeness (QED) is 0.269. The number of nitrogens with zero attached hydrogens (tertiary/aromatic N) is 2. The predicted molar refractivity (Wildman–Crippen MR) is 141 cm³/mol. The van der Waals surface area contributed by atoms with Gasteiger partial charge in [0.2, 0.25) is 5.91 Å². The van der Waals surface area contributed by atoms with Crippen LogP contribution in [0.5, 0.6) is 0 Å². The van der Waals surface area contributed by atoms with Gasteiger partial charge in [0.1, 0.15) is 16.7 Å². The Morgan fingerprint density at radius 3 is 2.18 bits per heavy atom. The molecule has 3 aromatic carbocycles. The molecule has 0 aromatic heterocycles. The molecule has 4 rings (SSSR count). The topological polar surface area (TPSA) is 73.2 Å². The number of amides is 2. The van der Waals surface area contributed by atoms with Gasteiger partial charge in [0.15, 0.2) is 0 Å². The molecule has 34 heavy (non-hydrogen) atoms. The molecule has 170 valence electrons. The lowest BCUT2D eigenvalue weighted by molar-refractivity contribution is -0.117. The van der Waals surface area contributed by atoms with Gasteiger partial charge in [-0.25, -0.2) is 0 Å². The van der Waals surface area contributed by atoms with Gasteiger partial charge in [-0.15, -0.1) is 0 Å². The Morgan fingerprint density at radius 1 is 1.00 bits per heavy atom. The summed E-state index contributed by atoms with van der Waals surface area (Å²) in [4.78, 5) is 28.0. The highest BCUT2D eigenvalue weighted by Gasteiger charge is 2.40. The van der Waals surface area contributed by atoms with Gasteiger partial charge in [0.05, 0.1) is 5.25 Å². The zero-order chi connectivity index (χ0) is 24.2. The van der Waals surface area contributed by atoms with E-state index in [0.29, 0.717) is 27.8 Å². The van der Waals surface area contributed by atoms with Crippen LogP contribution in [0.15, 0.2) is 87.9 Å². The average molecular weight is 573 g/mol. The lowest BCUT2D eigenvalue weighted by atomic mass is 10.1. The summed E-state index contributed by atoms with van der Waals surface area (Å²) < 4.78 is 0.861. The lowest BCUT2D eigenvalue weighted by Crippen LogP contribution is -2.30. The average Bonchev–Trinajstić information content (AvgIpc) is 3.13. The second-order valence-corrected chi connectivity index (χ2v) is 10.3. The zero-order valence-corrected chi connectivity index (χ0v) is 21.4. The SMILES string of the molecule is N#C/C(C(=O)Nc1ccc(Br)cc1)=C1/S[C@@H](Cc2ccc(Cl)cc2)C(=O)N1c1ccc(Cl)cc1. The van der Waals surface area contributed by atoms with Crippen molar-refractivity contribution >= 4 is 74.1 Å². The molecule has 1 atom stereocenters. The third-order valence-electron chi connectivity index (χ3n) is 5.03. The number of hydrogen-bond donors (Lipinski definition) is 1. The van der Waals surface area contributed by atoms with Crippen LogP contribution in [-0.4, -0.2) is 17.1 Å². The van der Waals surface area contributed by atoms with Crippen LogP contribution < -0.4 is 10.2 Å². The van der Waals surface area contributed by atoms with E-state index in [0.717, 1.165) is 10.0 Å². The molecule has 1 saturated heterocycles. The highest BCUT2D eigenvalue weighted by molar-refractivity contribution is 9.10. The van der Waals surface area contributed by atoms with Gasteiger partial charge in [-0.2, -0.15) is 5.26 Å². The van der Waals surface area contributed by atoms with Crippen LogP contribution in [0.3, 0.4) is 0 Å². The van der Waals surface area contributed by atoms with Crippen molar-refractivity contribution in [2.75, 3.05) is 10.2 Å². The van der Waals surface area contributed by atoms with Crippen LogP contribution in [0, 0.1) is 11.3 Å². The summed E-state index contributed by atoms with van der Waals surface area (Å²) in [6.07, 6.45) is 0.418. The number of nitrogens with one attached hydrogen (secondary N) is 1. The van der Waals surface area contributed by atoms with Gasteiger partial charge < -0.3 is 5.32 Å². The van der Waals surface area contributed by atoms with Crippen LogP contribution in [0.2, 0.25) is 10.0 Å². The molecule has 1 aliphatic heterocycles. The van der Waals surface area contributed by atoms with Crippen molar-refractivity contribution in [2.24, 2.45) is 0 Å². The molecule has 3 aromatic rings. The summed E-state index contributed by atoms with van der Waals surface area (Å²) in [6, 6.07) is 22.9. The number of carbonyl (C=O) groups is 2. The van der Waals surface area contributed by atoms with Gasteiger partial charge in [-0.3, -0.25) is 14.5 Å². The smallest absolute Gasteiger partial charge is 0.269 e. The lowest BCUT2D eigenvalue weighted by Gasteiger charge is -2.19. The fourth-order valence-corrected chi connectivity index (χ4v) is 5.20. The fourth-order valence-electron chi connectivity index (χ4n) is 3.37. The van der Waals surface area contributed by atoms with Crippen LogP contribution in [0.4, 0.5) is 11.4 Å². The van der Waals surface area contributed by atoms with E-state index >= 15 is 0 Å². The second kappa shape index (κ2) is 10.7. The number of carbonyl (C=O) groups excluding carboxylic acids is 2. The third kappa shape index (κ3) is 5.48. The Hall–Kier alpha value is -2.76. The van der Waals surface area contributed by atoms with Crippen LogP contribution in [-0.2, 0) is 16.0 Å². The number of benzene rings is 3. The van der Waals surface area contributed by atoms with Crippen LogP contribution in [0.1, 0.15) is 5.56 Å². The Bertz CT molecular complexity index is 1300. The van der Waals surface area contributed by atoms with Crippen molar-refractivity contribution in [2.45, 2.75) is 11.7 Å². The van der Waals surface area contributed by atoms with Crippen LogP contribution >= 0.6 is 50.9 Å². The minimum absolute atomic E-state index is 0.144. The Kier molecular flexibility index (Phi) is 7.64. The first-order valence-corrected chi connectivity index (χ1v) is 12.5. The minimum atomic E-state index is -0.591. The molecule has 1 fully saturated rings. The Morgan fingerprint density at radius 2 is 1.59 bits per heavy atom. The van der Waals surface area contributed by atoms with E-state index in [1.165, 1.54) is 16.7 Å². The molecule has 0 aliphatic carbocycles. The number of hydrogen-bond acceptors (Lipinski definition) is 4. The highest BCUT2D eigenvalue weighted by Crippen LogP contribution is 2.42. The Balaban J connectivity index is 1.71. The van der Waals surface area contributed by atoms with Gasteiger partial charge in [0, 0.05) is 25.9 Å². The summed E-state index contributed by atoms with van der Waals surface area (Å²) in [7, 11) is 0. The highest BCUT2D eigenvalue weighted by atomic mass is 79.9. The molecular formula is C25H16BrCl2N3O2S. The molecule has 0 radical (unpaired) electrons. The molecular weight excluding hydrogens is 557 g/mol. The number of thioether (sulfide) groups is 1. The molecule has 0 spiro atoms. The second-order valence-electron chi connectivity index (χ2n) is 7.34.